The van der Waals surface area contributed by atoms with Crippen molar-refractivity contribution in [2.45, 2.75) is 39.5 Å². The summed E-state index contributed by atoms with van der Waals surface area (Å²) in [6.07, 6.45) is 1.60. The zero-order chi connectivity index (χ0) is 10.9. The summed E-state index contributed by atoms with van der Waals surface area (Å²) in [5.41, 5.74) is 1.87. The van der Waals surface area contributed by atoms with Gasteiger partial charge in [0.15, 0.2) is 0 Å². The van der Waals surface area contributed by atoms with Crippen LogP contribution in [0.1, 0.15) is 50.8 Å². The van der Waals surface area contributed by atoms with Crippen LogP contribution in [0.4, 0.5) is 0 Å². The van der Waals surface area contributed by atoms with E-state index in [1.165, 1.54) is 0 Å². The van der Waals surface area contributed by atoms with Gasteiger partial charge in [-0.3, -0.25) is 4.79 Å². The van der Waals surface area contributed by atoms with Gasteiger partial charge in [0.2, 0.25) is 0 Å². The molecule has 78 valence electrons. The molecule has 1 heterocycles. The zero-order valence-corrected chi connectivity index (χ0v) is 9.53. The maximum atomic E-state index is 11.9. The van der Waals surface area contributed by atoms with E-state index < -0.39 is 0 Å². The van der Waals surface area contributed by atoms with Crippen LogP contribution in [0.25, 0.3) is 0 Å². The molecule has 1 aromatic heterocycles. The summed E-state index contributed by atoms with van der Waals surface area (Å²) in [4.78, 5) is 16.2. The largest absolute Gasteiger partial charge is 0.302 e. The van der Waals surface area contributed by atoms with Gasteiger partial charge in [-0.1, -0.05) is 27.7 Å². The number of nitrogens with zero attached hydrogens (tertiary/aromatic N) is 2. The second-order valence-electron chi connectivity index (χ2n) is 4.27. The smallest absolute Gasteiger partial charge is 0.256 e. The van der Waals surface area contributed by atoms with E-state index in [0.29, 0.717) is 5.92 Å². The van der Waals surface area contributed by atoms with Gasteiger partial charge in [0.05, 0.1) is 12.0 Å². The lowest BCUT2D eigenvalue weighted by Gasteiger charge is -2.14. The first-order valence-corrected chi connectivity index (χ1v) is 5.00. The quantitative estimate of drug-likeness (QED) is 0.722. The highest BCUT2D eigenvalue weighted by atomic mass is 16.1. The Labute approximate surface area is 84.8 Å². The van der Waals surface area contributed by atoms with Crippen LogP contribution in [0.2, 0.25) is 0 Å². The van der Waals surface area contributed by atoms with E-state index >= 15 is 0 Å². The van der Waals surface area contributed by atoms with Crippen molar-refractivity contribution in [2.75, 3.05) is 0 Å². The van der Waals surface area contributed by atoms with Crippen LogP contribution < -0.4 is 5.56 Å². The summed E-state index contributed by atoms with van der Waals surface area (Å²) in [5.74, 6) is 0.543. The highest BCUT2D eigenvalue weighted by Gasteiger charge is 2.15. The first kappa shape index (κ1) is 11.0. The molecular weight excluding hydrogens is 176 g/mol. The van der Waals surface area contributed by atoms with Crippen molar-refractivity contribution in [1.29, 1.82) is 0 Å². The lowest BCUT2D eigenvalue weighted by atomic mass is 9.97. The van der Waals surface area contributed by atoms with Gasteiger partial charge in [-0.25, -0.2) is 4.98 Å². The average molecular weight is 194 g/mol. The van der Waals surface area contributed by atoms with Gasteiger partial charge in [0.25, 0.3) is 5.56 Å². The lowest BCUT2D eigenvalue weighted by Crippen LogP contribution is -2.25. The average Bonchev–Trinajstić information content (AvgIpc) is 2.08. The second-order valence-corrected chi connectivity index (χ2v) is 4.27. The summed E-state index contributed by atoms with van der Waals surface area (Å²) >= 11 is 0. The molecule has 0 atom stereocenters. The molecule has 0 amide bonds. The van der Waals surface area contributed by atoms with Crippen LogP contribution in [-0.2, 0) is 7.05 Å². The summed E-state index contributed by atoms with van der Waals surface area (Å²) in [5, 5.41) is 0. The number of rotatable bonds is 2. The van der Waals surface area contributed by atoms with Gasteiger partial charge in [0.1, 0.15) is 0 Å². The van der Waals surface area contributed by atoms with Crippen molar-refractivity contribution in [3.8, 4) is 0 Å². The first-order chi connectivity index (χ1) is 6.45. The fourth-order valence-electron chi connectivity index (χ4n) is 1.57. The standard InChI is InChI=1S/C11H18N2O/c1-7(2)9-10(8(3)4)12-6-13(5)11(9)14/h6-8H,1-5H3. The van der Waals surface area contributed by atoms with E-state index in [0.717, 1.165) is 11.3 Å². The van der Waals surface area contributed by atoms with E-state index in [4.69, 9.17) is 0 Å². The van der Waals surface area contributed by atoms with Crippen LogP contribution in [0, 0.1) is 0 Å². The van der Waals surface area contributed by atoms with Crippen LogP contribution in [-0.4, -0.2) is 9.55 Å². The summed E-state index contributed by atoms with van der Waals surface area (Å²) in [7, 11) is 1.74. The topological polar surface area (TPSA) is 34.9 Å². The zero-order valence-electron chi connectivity index (χ0n) is 9.53. The Balaban J connectivity index is 3.46. The van der Waals surface area contributed by atoms with Crippen molar-refractivity contribution in [3.63, 3.8) is 0 Å². The molecule has 3 nitrogen and oxygen atoms in total. The Morgan fingerprint density at radius 3 is 2.21 bits per heavy atom. The highest BCUT2D eigenvalue weighted by molar-refractivity contribution is 5.23. The minimum atomic E-state index is 0.0821. The van der Waals surface area contributed by atoms with E-state index in [-0.39, 0.29) is 11.5 Å². The van der Waals surface area contributed by atoms with Crippen LogP contribution in [0.5, 0.6) is 0 Å². The Morgan fingerprint density at radius 1 is 1.21 bits per heavy atom. The lowest BCUT2D eigenvalue weighted by molar-refractivity contribution is 0.692. The molecule has 0 aliphatic rings. The predicted molar refractivity (Wildman–Crippen MR) is 57.7 cm³/mol. The van der Waals surface area contributed by atoms with Crippen molar-refractivity contribution in [3.05, 3.63) is 27.9 Å². The fraction of sp³-hybridized carbons (Fsp3) is 0.636. The van der Waals surface area contributed by atoms with Gasteiger partial charge in [-0.05, 0) is 11.8 Å². The third kappa shape index (κ3) is 1.86. The van der Waals surface area contributed by atoms with Gasteiger partial charge in [-0.2, -0.15) is 0 Å². The summed E-state index contributed by atoms with van der Waals surface area (Å²) in [6, 6.07) is 0. The number of aromatic nitrogens is 2. The molecule has 0 bridgehead atoms. The van der Waals surface area contributed by atoms with Crippen molar-refractivity contribution < 1.29 is 0 Å². The summed E-state index contributed by atoms with van der Waals surface area (Å²) < 4.78 is 1.54. The molecular formula is C11H18N2O. The molecule has 1 rings (SSSR count). The molecule has 0 aromatic carbocycles. The normalized spacial score (nSPS) is 11.4. The SMILES string of the molecule is CC(C)c1ncn(C)c(=O)c1C(C)C. The van der Waals surface area contributed by atoms with Crippen molar-refractivity contribution >= 4 is 0 Å². The predicted octanol–water partition coefficient (Wildman–Crippen LogP) is 2.03. The van der Waals surface area contributed by atoms with E-state index in [1.807, 2.05) is 13.8 Å². The minimum Gasteiger partial charge on any atom is -0.302 e. The van der Waals surface area contributed by atoms with Gasteiger partial charge >= 0.3 is 0 Å². The summed E-state index contributed by atoms with van der Waals surface area (Å²) in [6.45, 7) is 8.19. The van der Waals surface area contributed by atoms with Crippen molar-refractivity contribution in [1.82, 2.24) is 9.55 Å². The first-order valence-electron chi connectivity index (χ1n) is 5.00. The molecule has 0 saturated heterocycles. The molecule has 1 aromatic rings. The maximum Gasteiger partial charge on any atom is 0.256 e. The monoisotopic (exact) mass is 194 g/mol. The minimum absolute atomic E-state index is 0.0821. The third-order valence-corrected chi connectivity index (χ3v) is 2.32. The molecule has 0 aliphatic heterocycles. The van der Waals surface area contributed by atoms with E-state index in [1.54, 1.807) is 17.9 Å². The van der Waals surface area contributed by atoms with Crippen LogP contribution in [0.15, 0.2) is 11.1 Å². The highest BCUT2D eigenvalue weighted by Crippen LogP contribution is 2.20. The molecule has 3 heteroatoms. The molecule has 14 heavy (non-hydrogen) atoms. The molecule has 0 fully saturated rings. The second kappa shape index (κ2) is 3.95. The molecule has 0 saturated carbocycles. The van der Waals surface area contributed by atoms with Crippen LogP contribution in [0.3, 0.4) is 0 Å². The van der Waals surface area contributed by atoms with E-state index in [2.05, 4.69) is 18.8 Å². The molecule has 0 radical (unpaired) electrons. The molecule has 0 spiro atoms. The van der Waals surface area contributed by atoms with E-state index in [9.17, 15) is 4.79 Å². The van der Waals surface area contributed by atoms with Gasteiger partial charge in [-0.15, -0.1) is 0 Å². The Kier molecular flexibility index (Phi) is 3.09. The fourth-order valence-corrected chi connectivity index (χ4v) is 1.57. The number of aryl methyl sites for hydroxylation is 1. The van der Waals surface area contributed by atoms with Gasteiger partial charge in [0, 0.05) is 12.6 Å². The molecule has 0 aliphatic carbocycles. The maximum absolute atomic E-state index is 11.9. The number of hydrogen-bond donors (Lipinski definition) is 0. The Hall–Kier alpha value is -1.12. The Morgan fingerprint density at radius 2 is 1.79 bits per heavy atom. The Bertz CT molecular complexity index is 377. The third-order valence-electron chi connectivity index (χ3n) is 2.32. The van der Waals surface area contributed by atoms with Gasteiger partial charge < -0.3 is 4.57 Å². The molecule has 0 N–H and O–H groups in total. The van der Waals surface area contributed by atoms with Crippen LogP contribution >= 0.6 is 0 Å². The molecule has 0 unspecified atom stereocenters. The number of hydrogen-bond acceptors (Lipinski definition) is 2. The van der Waals surface area contributed by atoms with Crippen molar-refractivity contribution in [2.24, 2.45) is 7.05 Å².